The summed E-state index contributed by atoms with van der Waals surface area (Å²) >= 11 is 0. The lowest BCUT2D eigenvalue weighted by molar-refractivity contribution is 0.0750. The van der Waals surface area contributed by atoms with Gasteiger partial charge >= 0.3 is 0 Å². The van der Waals surface area contributed by atoms with Crippen molar-refractivity contribution < 1.29 is 14.3 Å². The van der Waals surface area contributed by atoms with E-state index in [-0.39, 0.29) is 11.6 Å². The monoisotopic (exact) mass is 366 g/mol. The van der Waals surface area contributed by atoms with Crippen LogP contribution in [0.25, 0.3) is 5.76 Å². The third kappa shape index (κ3) is 2.43. The SMILES string of the molecule is Cc1ccc([C@@H]2C3=C(O[C@H]2C(=O)c2ccccc2)c2ccccc2C3=O)cc1. The minimum atomic E-state index is -0.743. The van der Waals surface area contributed by atoms with Crippen LogP contribution in [-0.2, 0) is 4.74 Å². The Hall–Kier alpha value is -3.46. The van der Waals surface area contributed by atoms with Gasteiger partial charge in [-0.15, -0.1) is 0 Å². The number of carbonyl (C=O) groups is 2. The zero-order chi connectivity index (χ0) is 19.3. The van der Waals surface area contributed by atoms with Gasteiger partial charge in [0.05, 0.1) is 11.5 Å². The lowest BCUT2D eigenvalue weighted by Gasteiger charge is -2.22. The minimum Gasteiger partial charge on any atom is -0.480 e. The van der Waals surface area contributed by atoms with Gasteiger partial charge in [0.2, 0.25) is 5.78 Å². The molecule has 3 heteroatoms. The molecule has 3 aromatic rings. The van der Waals surface area contributed by atoms with Crippen molar-refractivity contribution in [3.8, 4) is 0 Å². The number of benzene rings is 3. The largest absolute Gasteiger partial charge is 0.480 e. The molecule has 0 saturated heterocycles. The van der Waals surface area contributed by atoms with Crippen molar-refractivity contribution in [1.82, 2.24) is 0 Å². The quantitative estimate of drug-likeness (QED) is 0.615. The summed E-state index contributed by atoms with van der Waals surface area (Å²) in [5.41, 5.74) is 4.67. The minimum absolute atomic E-state index is 0.0421. The number of ether oxygens (including phenoxy) is 1. The Balaban J connectivity index is 1.64. The van der Waals surface area contributed by atoms with Crippen LogP contribution in [0.2, 0.25) is 0 Å². The fourth-order valence-electron chi connectivity index (χ4n) is 4.12. The van der Waals surface area contributed by atoms with Crippen LogP contribution >= 0.6 is 0 Å². The van der Waals surface area contributed by atoms with Gasteiger partial charge in [-0.3, -0.25) is 9.59 Å². The normalized spacial score (nSPS) is 20.0. The molecule has 1 heterocycles. The summed E-state index contributed by atoms with van der Waals surface area (Å²) in [6.07, 6.45) is -0.743. The number of fused-ring (bicyclic) bond motifs is 2. The van der Waals surface area contributed by atoms with Gasteiger partial charge < -0.3 is 4.74 Å². The van der Waals surface area contributed by atoms with Gasteiger partial charge in [0.15, 0.2) is 11.9 Å². The van der Waals surface area contributed by atoms with Crippen LogP contribution < -0.4 is 0 Å². The molecule has 28 heavy (non-hydrogen) atoms. The summed E-state index contributed by atoms with van der Waals surface area (Å²) < 4.78 is 6.20. The molecule has 0 amide bonds. The second kappa shape index (κ2) is 6.31. The fraction of sp³-hybridized carbons (Fsp3) is 0.120. The molecule has 0 bridgehead atoms. The van der Waals surface area contributed by atoms with Crippen molar-refractivity contribution in [2.45, 2.75) is 18.9 Å². The van der Waals surface area contributed by atoms with Gasteiger partial charge in [0.25, 0.3) is 0 Å². The maximum absolute atomic E-state index is 13.3. The molecule has 2 aliphatic rings. The maximum atomic E-state index is 13.3. The summed E-state index contributed by atoms with van der Waals surface area (Å²) in [6, 6.07) is 24.6. The van der Waals surface area contributed by atoms with Crippen LogP contribution in [0.5, 0.6) is 0 Å². The first kappa shape index (κ1) is 16.7. The summed E-state index contributed by atoms with van der Waals surface area (Å²) in [5.74, 6) is -0.00550. The first-order chi connectivity index (χ1) is 13.6. The molecule has 0 spiro atoms. The summed E-state index contributed by atoms with van der Waals surface area (Å²) in [4.78, 5) is 26.5. The summed E-state index contributed by atoms with van der Waals surface area (Å²) in [5, 5.41) is 0. The van der Waals surface area contributed by atoms with Gasteiger partial charge in [0, 0.05) is 16.7 Å². The molecule has 0 saturated carbocycles. The lowest BCUT2D eigenvalue weighted by atomic mass is 9.83. The first-order valence-corrected chi connectivity index (χ1v) is 9.36. The third-order valence-electron chi connectivity index (χ3n) is 5.52. The van der Waals surface area contributed by atoms with E-state index in [4.69, 9.17) is 4.74 Å². The van der Waals surface area contributed by atoms with Crippen LogP contribution in [0, 0.1) is 6.92 Å². The molecule has 0 radical (unpaired) electrons. The molecule has 136 valence electrons. The van der Waals surface area contributed by atoms with E-state index in [1.807, 2.05) is 73.7 Å². The standard InChI is InChI=1S/C25H18O3/c1-15-11-13-16(14-12-15)20-21-23(27)18-9-5-6-10-19(18)24(21)28-25(20)22(26)17-7-3-2-4-8-17/h2-14,20,25H,1H3/t20-,25-/m1/s1. The number of Topliss-reactive ketones (excluding diaryl/α,β-unsaturated/α-hetero) is 2. The zero-order valence-electron chi connectivity index (χ0n) is 15.4. The third-order valence-corrected chi connectivity index (χ3v) is 5.52. The predicted molar refractivity (Wildman–Crippen MR) is 107 cm³/mol. The van der Waals surface area contributed by atoms with Crippen LogP contribution in [0.15, 0.2) is 84.4 Å². The highest BCUT2D eigenvalue weighted by atomic mass is 16.5. The molecule has 0 unspecified atom stereocenters. The van der Waals surface area contributed by atoms with Crippen LogP contribution in [0.1, 0.15) is 43.3 Å². The molecular formula is C25H18O3. The molecule has 1 aliphatic heterocycles. The molecule has 0 fully saturated rings. The van der Waals surface area contributed by atoms with E-state index < -0.39 is 12.0 Å². The topological polar surface area (TPSA) is 43.4 Å². The average molecular weight is 366 g/mol. The number of rotatable bonds is 3. The molecule has 0 aromatic heterocycles. The molecule has 2 atom stereocenters. The predicted octanol–water partition coefficient (Wildman–Crippen LogP) is 4.97. The Kier molecular flexibility index (Phi) is 3.76. The summed E-state index contributed by atoms with van der Waals surface area (Å²) in [7, 11) is 0. The van der Waals surface area contributed by atoms with Gasteiger partial charge in [-0.1, -0.05) is 84.4 Å². The fourth-order valence-corrected chi connectivity index (χ4v) is 4.12. The Bertz CT molecular complexity index is 1120. The highest BCUT2D eigenvalue weighted by Gasteiger charge is 2.49. The number of aryl methyl sites for hydroxylation is 1. The van der Waals surface area contributed by atoms with E-state index in [2.05, 4.69) is 0 Å². The van der Waals surface area contributed by atoms with Crippen molar-refractivity contribution in [2.24, 2.45) is 0 Å². The second-order valence-corrected chi connectivity index (χ2v) is 7.27. The van der Waals surface area contributed by atoms with Crippen molar-refractivity contribution in [3.05, 3.63) is 112 Å². The van der Waals surface area contributed by atoms with Gasteiger partial charge in [-0.2, -0.15) is 0 Å². The number of hydrogen-bond donors (Lipinski definition) is 0. The Labute approximate surface area is 163 Å². The molecular weight excluding hydrogens is 348 g/mol. The van der Waals surface area contributed by atoms with E-state index in [1.54, 1.807) is 12.1 Å². The highest BCUT2D eigenvalue weighted by molar-refractivity contribution is 6.22. The van der Waals surface area contributed by atoms with Crippen LogP contribution in [0.4, 0.5) is 0 Å². The van der Waals surface area contributed by atoms with E-state index >= 15 is 0 Å². The van der Waals surface area contributed by atoms with Gasteiger partial charge in [-0.05, 0) is 12.5 Å². The van der Waals surface area contributed by atoms with Crippen molar-refractivity contribution in [2.75, 3.05) is 0 Å². The van der Waals surface area contributed by atoms with Crippen LogP contribution in [0.3, 0.4) is 0 Å². The van der Waals surface area contributed by atoms with Gasteiger partial charge in [0.1, 0.15) is 5.76 Å². The van der Waals surface area contributed by atoms with Crippen molar-refractivity contribution >= 4 is 17.3 Å². The first-order valence-electron chi connectivity index (χ1n) is 9.36. The Morgan fingerprint density at radius 2 is 1.46 bits per heavy atom. The van der Waals surface area contributed by atoms with Crippen molar-refractivity contribution in [1.29, 1.82) is 0 Å². The van der Waals surface area contributed by atoms with Crippen molar-refractivity contribution in [3.63, 3.8) is 0 Å². The second-order valence-electron chi connectivity index (χ2n) is 7.27. The number of ketones is 2. The van der Waals surface area contributed by atoms with E-state index in [9.17, 15) is 9.59 Å². The molecule has 5 rings (SSSR count). The van der Waals surface area contributed by atoms with E-state index in [0.717, 1.165) is 16.7 Å². The van der Waals surface area contributed by atoms with E-state index in [1.165, 1.54) is 0 Å². The van der Waals surface area contributed by atoms with Gasteiger partial charge in [-0.25, -0.2) is 0 Å². The number of hydrogen-bond acceptors (Lipinski definition) is 3. The molecule has 1 aliphatic carbocycles. The molecule has 0 N–H and O–H groups in total. The number of carbonyl (C=O) groups excluding carboxylic acids is 2. The molecule has 3 aromatic carbocycles. The Morgan fingerprint density at radius 1 is 0.821 bits per heavy atom. The zero-order valence-corrected chi connectivity index (χ0v) is 15.4. The Morgan fingerprint density at radius 3 is 2.18 bits per heavy atom. The summed E-state index contributed by atoms with van der Waals surface area (Å²) in [6.45, 7) is 2.02. The maximum Gasteiger partial charge on any atom is 0.204 e. The van der Waals surface area contributed by atoms with Crippen LogP contribution in [-0.4, -0.2) is 17.7 Å². The lowest BCUT2D eigenvalue weighted by Crippen LogP contribution is -2.29. The van der Waals surface area contributed by atoms with E-state index in [0.29, 0.717) is 22.5 Å². The molecule has 3 nitrogen and oxygen atoms in total. The highest BCUT2D eigenvalue weighted by Crippen LogP contribution is 2.49. The average Bonchev–Trinajstić information content (AvgIpc) is 3.25. The smallest absolute Gasteiger partial charge is 0.204 e.